The van der Waals surface area contributed by atoms with E-state index in [0.717, 1.165) is 32.1 Å². The third-order valence-corrected chi connectivity index (χ3v) is 4.08. The molecule has 1 aliphatic heterocycles. The van der Waals surface area contributed by atoms with E-state index in [-0.39, 0.29) is 5.41 Å². The minimum Gasteiger partial charge on any atom is -0.381 e. The van der Waals surface area contributed by atoms with Crippen LogP contribution in [0.15, 0.2) is 24.3 Å². The monoisotopic (exact) mass is 261 g/mol. The first-order chi connectivity index (χ1) is 9.19. The summed E-state index contributed by atoms with van der Waals surface area (Å²) in [4.78, 5) is 13.6. The Hall–Kier alpha value is -1.35. The quantitative estimate of drug-likeness (QED) is 0.763. The maximum absolute atomic E-state index is 11.5. The van der Waals surface area contributed by atoms with Gasteiger partial charge in [-0.15, -0.1) is 0 Å². The maximum Gasteiger partial charge on any atom is 0.128 e. The molecule has 104 valence electrons. The van der Waals surface area contributed by atoms with Crippen molar-refractivity contribution in [2.75, 3.05) is 31.7 Å². The van der Waals surface area contributed by atoms with Gasteiger partial charge in [0.15, 0.2) is 0 Å². The molecule has 0 spiro atoms. The number of nitrogens with zero attached hydrogens (tertiary/aromatic N) is 1. The molecule has 1 saturated heterocycles. The van der Waals surface area contributed by atoms with Crippen molar-refractivity contribution < 1.29 is 9.53 Å². The highest BCUT2D eigenvalue weighted by molar-refractivity contribution is 5.62. The van der Waals surface area contributed by atoms with E-state index in [9.17, 15) is 4.79 Å². The molecule has 1 heterocycles. The zero-order valence-electron chi connectivity index (χ0n) is 11.9. The molecular weight excluding hydrogens is 238 g/mol. The lowest BCUT2D eigenvalue weighted by Crippen LogP contribution is -2.41. The van der Waals surface area contributed by atoms with Gasteiger partial charge in [0.2, 0.25) is 0 Å². The third kappa shape index (κ3) is 3.35. The lowest BCUT2D eigenvalue weighted by molar-refractivity contribution is -0.120. The molecule has 1 aromatic rings. The first kappa shape index (κ1) is 14.1. The summed E-state index contributed by atoms with van der Waals surface area (Å²) in [5.74, 6) is 0. The van der Waals surface area contributed by atoms with Crippen LogP contribution in [-0.4, -0.2) is 33.1 Å². The Morgan fingerprint density at radius 2 is 1.89 bits per heavy atom. The van der Waals surface area contributed by atoms with Gasteiger partial charge in [0, 0.05) is 37.9 Å². The fourth-order valence-electron chi connectivity index (χ4n) is 2.64. The van der Waals surface area contributed by atoms with E-state index < -0.39 is 0 Å². The molecule has 3 nitrogen and oxygen atoms in total. The number of hydrogen-bond acceptors (Lipinski definition) is 3. The van der Waals surface area contributed by atoms with Gasteiger partial charge in [0.1, 0.15) is 6.29 Å². The average molecular weight is 261 g/mol. The molecule has 3 heteroatoms. The van der Waals surface area contributed by atoms with E-state index in [1.807, 2.05) is 0 Å². The van der Waals surface area contributed by atoms with Crippen LogP contribution in [0.1, 0.15) is 25.3 Å². The molecule has 0 radical (unpaired) electrons. The van der Waals surface area contributed by atoms with Crippen LogP contribution in [0, 0.1) is 5.41 Å². The molecule has 0 atom stereocenters. The van der Waals surface area contributed by atoms with E-state index in [1.165, 1.54) is 11.3 Å². The van der Waals surface area contributed by atoms with Crippen molar-refractivity contribution in [3.8, 4) is 0 Å². The molecule has 1 aromatic carbocycles. The zero-order chi connectivity index (χ0) is 13.7. The first-order valence-electron chi connectivity index (χ1n) is 7.03. The molecule has 19 heavy (non-hydrogen) atoms. The average Bonchev–Trinajstić information content (AvgIpc) is 2.48. The number of carbonyl (C=O) groups is 1. The van der Waals surface area contributed by atoms with Crippen LogP contribution < -0.4 is 4.90 Å². The Labute approximate surface area is 115 Å². The maximum atomic E-state index is 11.5. The van der Waals surface area contributed by atoms with Gasteiger partial charge in [0.25, 0.3) is 0 Å². The summed E-state index contributed by atoms with van der Waals surface area (Å²) >= 11 is 0. The van der Waals surface area contributed by atoms with Crippen molar-refractivity contribution in [2.24, 2.45) is 5.41 Å². The number of ether oxygens (including phenoxy) is 1. The largest absolute Gasteiger partial charge is 0.381 e. The van der Waals surface area contributed by atoms with Crippen LogP contribution >= 0.6 is 0 Å². The van der Waals surface area contributed by atoms with E-state index in [0.29, 0.717) is 13.2 Å². The molecular formula is C16H23NO2. The SMILES string of the molecule is CCc1ccc(N(C)CC2(C=O)CCOCC2)cc1. The van der Waals surface area contributed by atoms with Crippen molar-refractivity contribution in [1.29, 1.82) is 0 Å². The van der Waals surface area contributed by atoms with Gasteiger partial charge in [-0.25, -0.2) is 0 Å². The zero-order valence-corrected chi connectivity index (χ0v) is 11.9. The van der Waals surface area contributed by atoms with Crippen LogP contribution in [0.25, 0.3) is 0 Å². The second-order valence-corrected chi connectivity index (χ2v) is 5.47. The summed E-state index contributed by atoms with van der Waals surface area (Å²) in [5.41, 5.74) is 2.27. The van der Waals surface area contributed by atoms with Gasteiger partial charge in [-0.05, 0) is 37.0 Å². The minimum absolute atomic E-state index is 0.240. The Balaban J connectivity index is 2.05. The molecule has 2 rings (SSSR count). The number of aryl methyl sites for hydroxylation is 1. The fourth-order valence-corrected chi connectivity index (χ4v) is 2.64. The van der Waals surface area contributed by atoms with E-state index in [2.05, 4.69) is 43.1 Å². The summed E-state index contributed by atoms with van der Waals surface area (Å²) in [6.07, 6.45) is 3.84. The summed E-state index contributed by atoms with van der Waals surface area (Å²) < 4.78 is 5.37. The summed E-state index contributed by atoms with van der Waals surface area (Å²) in [7, 11) is 2.06. The Bertz CT molecular complexity index is 407. The van der Waals surface area contributed by atoms with Crippen molar-refractivity contribution in [3.05, 3.63) is 29.8 Å². The van der Waals surface area contributed by atoms with Crippen LogP contribution in [-0.2, 0) is 16.0 Å². The van der Waals surface area contributed by atoms with E-state index in [4.69, 9.17) is 4.74 Å². The van der Waals surface area contributed by atoms with Gasteiger partial charge < -0.3 is 14.4 Å². The predicted octanol–water partition coefficient (Wildman–Crippen LogP) is 2.68. The second-order valence-electron chi connectivity index (χ2n) is 5.47. The number of aldehydes is 1. The van der Waals surface area contributed by atoms with Crippen molar-refractivity contribution in [3.63, 3.8) is 0 Å². The molecule has 0 bridgehead atoms. The van der Waals surface area contributed by atoms with Crippen molar-refractivity contribution >= 4 is 12.0 Å². The normalized spacial score (nSPS) is 18.0. The molecule has 0 N–H and O–H groups in total. The van der Waals surface area contributed by atoms with Crippen molar-refractivity contribution in [2.45, 2.75) is 26.2 Å². The van der Waals surface area contributed by atoms with Crippen LogP contribution in [0.2, 0.25) is 0 Å². The van der Waals surface area contributed by atoms with E-state index in [1.54, 1.807) is 0 Å². The minimum atomic E-state index is -0.240. The highest BCUT2D eigenvalue weighted by Crippen LogP contribution is 2.30. The molecule has 0 saturated carbocycles. The Kier molecular flexibility index (Phi) is 4.59. The second kappa shape index (κ2) is 6.20. The highest BCUT2D eigenvalue weighted by Gasteiger charge is 2.33. The van der Waals surface area contributed by atoms with Gasteiger partial charge in [0.05, 0.1) is 0 Å². The highest BCUT2D eigenvalue weighted by atomic mass is 16.5. The number of benzene rings is 1. The molecule has 0 unspecified atom stereocenters. The summed E-state index contributed by atoms with van der Waals surface area (Å²) in [6.45, 7) is 4.32. The molecule has 1 fully saturated rings. The standard InChI is InChI=1S/C16H23NO2/c1-3-14-4-6-15(7-5-14)17(2)12-16(13-18)8-10-19-11-9-16/h4-7,13H,3,8-12H2,1-2H3. The third-order valence-electron chi connectivity index (χ3n) is 4.08. The number of rotatable bonds is 5. The number of hydrogen-bond donors (Lipinski definition) is 0. The molecule has 1 aliphatic rings. The number of carbonyl (C=O) groups excluding carboxylic acids is 1. The van der Waals surface area contributed by atoms with Crippen LogP contribution in [0.5, 0.6) is 0 Å². The Morgan fingerprint density at radius 3 is 2.42 bits per heavy atom. The summed E-state index contributed by atoms with van der Waals surface area (Å²) in [6, 6.07) is 8.58. The molecule has 0 amide bonds. The van der Waals surface area contributed by atoms with Gasteiger partial charge in [-0.3, -0.25) is 0 Å². The molecule has 0 aliphatic carbocycles. The van der Waals surface area contributed by atoms with Crippen LogP contribution in [0.3, 0.4) is 0 Å². The lowest BCUT2D eigenvalue weighted by atomic mass is 9.81. The topological polar surface area (TPSA) is 29.5 Å². The summed E-state index contributed by atoms with van der Waals surface area (Å²) in [5, 5.41) is 0. The number of anilines is 1. The lowest BCUT2D eigenvalue weighted by Gasteiger charge is -2.36. The van der Waals surface area contributed by atoms with Crippen LogP contribution in [0.4, 0.5) is 5.69 Å². The van der Waals surface area contributed by atoms with Gasteiger partial charge in [-0.1, -0.05) is 19.1 Å². The smallest absolute Gasteiger partial charge is 0.128 e. The molecule has 0 aromatic heterocycles. The first-order valence-corrected chi connectivity index (χ1v) is 7.03. The predicted molar refractivity (Wildman–Crippen MR) is 77.6 cm³/mol. The van der Waals surface area contributed by atoms with Gasteiger partial charge >= 0.3 is 0 Å². The fraction of sp³-hybridized carbons (Fsp3) is 0.562. The Morgan fingerprint density at radius 1 is 1.26 bits per heavy atom. The van der Waals surface area contributed by atoms with E-state index >= 15 is 0 Å². The van der Waals surface area contributed by atoms with Crippen molar-refractivity contribution in [1.82, 2.24) is 0 Å². The van der Waals surface area contributed by atoms with Gasteiger partial charge in [-0.2, -0.15) is 0 Å².